The number of carboxylic acid groups (broad SMARTS) is 3. The predicted octanol–water partition coefficient (Wildman–Crippen LogP) is 0.799. The predicted molar refractivity (Wildman–Crippen MR) is 153 cm³/mol. The highest BCUT2D eigenvalue weighted by molar-refractivity contribution is 5.97. The molecule has 0 aliphatic carbocycles. The van der Waals surface area contributed by atoms with E-state index in [9.17, 15) is 24.0 Å². The van der Waals surface area contributed by atoms with E-state index < -0.39 is 35.4 Å². The summed E-state index contributed by atoms with van der Waals surface area (Å²) in [7, 11) is 0. The molecule has 0 aliphatic heterocycles. The van der Waals surface area contributed by atoms with Crippen LogP contribution in [0.5, 0.6) is 0 Å². The summed E-state index contributed by atoms with van der Waals surface area (Å²) in [5.41, 5.74) is 13.0. The van der Waals surface area contributed by atoms with Gasteiger partial charge in [0.2, 0.25) is 5.95 Å². The molecule has 0 fully saturated rings. The Morgan fingerprint density at radius 1 is 0.930 bits per heavy atom. The summed E-state index contributed by atoms with van der Waals surface area (Å²) in [4.78, 5) is 70.9. The van der Waals surface area contributed by atoms with Crippen molar-refractivity contribution in [2.75, 3.05) is 11.1 Å². The lowest BCUT2D eigenvalue weighted by Gasteiger charge is -2.14. The Hall–Kier alpha value is -5.90. The summed E-state index contributed by atoms with van der Waals surface area (Å²) in [5.74, 6) is -4.06. The van der Waals surface area contributed by atoms with E-state index in [0.717, 1.165) is 5.56 Å². The highest BCUT2D eigenvalue weighted by Gasteiger charge is 2.21. The number of carbonyl (C=O) groups excluding carboxylic acids is 1. The van der Waals surface area contributed by atoms with E-state index >= 15 is 0 Å². The molecule has 10 N–H and O–H groups in total. The first-order valence-electron chi connectivity index (χ1n) is 12.6. The van der Waals surface area contributed by atoms with Gasteiger partial charge in [-0.05, 0) is 48.4 Å². The lowest BCUT2D eigenvalue weighted by molar-refractivity contribution is -0.140. The number of fused-ring (bicyclic) bond motifs is 1. The van der Waals surface area contributed by atoms with Crippen LogP contribution in [0.4, 0.5) is 11.6 Å². The zero-order chi connectivity index (χ0) is 31.5. The molecule has 0 bridgehead atoms. The Morgan fingerprint density at radius 3 is 2.16 bits per heavy atom. The number of nitrogens with zero attached hydrogens (tertiary/aromatic N) is 3. The van der Waals surface area contributed by atoms with Crippen molar-refractivity contribution in [3.63, 3.8) is 0 Å². The van der Waals surface area contributed by atoms with Gasteiger partial charge in [0.25, 0.3) is 11.5 Å². The summed E-state index contributed by atoms with van der Waals surface area (Å²) < 4.78 is 0. The van der Waals surface area contributed by atoms with Gasteiger partial charge in [0.05, 0.1) is 24.0 Å². The van der Waals surface area contributed by atoms with Crippen molar-refractivity contribution in [3.8, 4) is 0 Å². The first-order valence-corrected chi connectivity index (χ1v) is 12.6. The maximum atomic E-state index is 12.3. The van der Waals surface area contributed by atoms with Crippen LogP contribution in [0, 0.1) is 0 Å². The summed E-state index contributed by atoms with van der Waals surface area (Å²) in [6.45, 7) is 0.675. The number of aromatic carboxylic acids is 1. The quantitative estimate of drug-likeness (QED) is 0.120. The average Bonchev–Trinajstić information content (AvgIpc) is 2.98. The second-order valence-electron chi connectivity index (χ2n) is 8.92. The monoisotopic (exact) mass is 592 g/mol. The molecule has 4 rings (SSSR count). The van der Waals surface area contributed by atoms with Crippen molar-refractivity contribution < 1.29 is 34.5 Å². The first-order chi connectivity index (χ1) is 20.5. The van der Waals surface area contributed by atoms with E-state index in [1.54, 1.807) is 36.4 Å². The number of nitrogens with one attached hydrogen (secondary N) is 3. The maximum Gasteiger partial charge on any atom is 0.335 e. The number of H-pyrrole nitrogens is 1. The molecule has 1 unspecified atom stereocenters. The number of aromatic nitrogens is 4. The molecule has 16 nitrogen and oxygen atoms in total. The normalized spacial score (nSPS) is 11.1. The molecule has 0 saturated heterocycles. The summed E-state index contributed by atoms with van der Waals surface area (Å²) in [5, 5.41) is 31.7. The van der Waals surface area contributed by atoms with Crippen molar-refractivity contribution in [3.05, 3.63) is 87.5 Å². The fourth-order valence-corrected chi connectivity index (χ4v) is 3.54. The highest BCUT2D eigenvalue weighted by atomic mass is 16.4. The van der Waals surface area contributed by atoms with Crippen molar-refractivity contribution in [1.82, 2.24) is 25.3 Å². The number of nitrogens with two attached hydrogens (primary N) is 2. The molecule has 4 aromatic rings. The van der Waals surface area contributed by atoms with Crippen LogP contribution < -0.4 is 27.7 Å². The summed E-state index contributed by atoms with van der Waals surface area (Å²) in [6.07, 6.45) is 0.840. The number of aliphatic carboxylic acids is 2. The van der Waals surface area contributed by atoms with Crippen LogP contribution in [0.15, 0.2) is 59.5 Å². The van der Waals surface area contributed by atoms with Crippen LogP contribution in [0.25, 0.3) is 11.2 Å². The zero-order valence-corrected chi connectivity index (χ0v) is 22.5. The number of carboxylic acids is 3. The fourth-order valence-electron chi connectivity index (χ4n) is 3.54. The molecule has 0 radical (unpaired) electrons. The van der Waals surface area contributed by atoms with Crippen molar-refractivity contribution in [2.24, 2.45) is 5.73 Å². The Labute approximate surface area is 242 Å². The molecule has 2 aromatic carbocycles. The van der Waals surface area contributed by atoms with Crippen molar-refractivity contribution >= 4 is 46.6 Å². The SMILES string of the molecule is NCc1ccc(C(=O)O)cc1.Nc1nc2ncc(CNc3ccc(C(=O)NC(CCC(=O)O)C(=O)O)cc3)nc2c(=O)[nH]1. The van der Waals surface area contributed by atoms with Gasteiger partial charge in [-0.15, -0.1) is 0 Å². The van der Waals surface area contributed by atoms with E-state index in [-0.39, 0.29) is 42.1 Å². The fraction of sp³-hybridized carbons (Fsp3) is 0.185. The van der Waals surface area contributed by atoms with Gasteiger partial charge in [-0.3, -0.25) is 19.4 Å². The molecule has 0 spiro atoms. The molecule has 1 atom stereocenters. The largest absolute Gasteiger partial charge is 0.481 e. The van der Waals surface area contributed by atoms with Gasteiger partial charge in [0.1, 0.15) is 6.04 Å². The van der Waals surface area contributed by atoms with Gasteiger partial charge in [0.15, 0.2) is 11.2 Å². The molecule has 2 aromatic heterocycles. The van der Waals surface area contributed by atoms with Crippen LogP contribution in [0.3, 0.4) is 0 Å². The topological polar surface area (TPSA) is 277 Å². The Kier molecular flexibility index (Phi) is 10.8. The standard InChI is InChI=1S/C19H19N7O6.C8H9NO2/c20-19-25-15-14(17(30)26-19)23-11(8-22-15)7-21-10-3-1-9(2-4-10)16(29)24-12(18(31)32)5-6-13(27)28;9-5-6-1-3-7(4-2-6)8(10)11/h1-4,8,12,21H,5-7H2,(H,24,29)(H,27,28)(H,31,32)(H3,20,22,25,26,30);1-4H,5,9H2,(H,10,11). The molecule has 43 heavy (non-hydrogen) atoms. The third-order valence-corrected chi connectivity index (χ3v) is 5.79. The molecule has 0 aliphatic rings. The van der Waals surface area contributed by atoms with Gasteiger partial charge in [-0.1, -0.05) is 12.1 Å². The minimum atomic E-state index is -1.31. The third kappa shape index (κ3) is 9.32. The molecule has 0 saturated carbocycles. The number of aromatic amines is 1. The van der Waals surface area contributed by atoms with Crippen LogP contribution >= 0.6 is 0 Å². The minimum Gasteiger partial charge on any atom is -0.481 e. The number of hydrogen-bond acceptors (Lipinski definition) is 11. The first kappa shape index (κ1) is 31.6. The number of amides is 1. The number of nitrogen functional groups attached to an aromatic ring is 1. The Bertz CT molecular complexity index is 1670. The Morgan fingerprint density at radius 2 is 1.58 bits per heavy atom. The van der Waals surface area contributed by atoms with Crippen molar-refractivity contribution in [1.29, 1.82) is 0 Å². The van der Waals surface area contributed by atoms with Gasteiger partial charge < -0.3 is 37.4 Å². The highest BCUT2D eigenvalue weighted by Crippen LogP contribution is 2.12. The lowest BCUT2D eigenvalue weighted by Crippen LogP contribution is -2.41. The van der Waals surface area contributed by atoms with Gasteiger partial charge in [0, 0.05) is 24.2 Å². The number of carbonyl (C=O) groups is 4. The second kappa shape index (κ2) is 14.6. The number of anilines is 2. The van der Waals surface area contributed by atoms with E-state index in [0.29, 0.717) is 23.5 Å². The molecular weight excluding hydrogens is 564 g/mol. The molecule has 2 heterocycles. The smallest absolute Gasteiger partial charge is 0.335 e. The van der Waals surface area contributed by atoms with Gasteiger partial charge in [-0.2, -0.15) is 4.98 Å². The maximum absolute atomic E-state index is 12.3. The van der Waals surface area contributed by atoms with Crippen LogP contribution in [0.1, 0.15) is 44.8 Å². The molecular formula is C27H28N8O8. The lowest BCUT2D eigenvalue weighted by atomic mass is 10.1. The van der Waals surface area contributed by atoms with E-state index in [1.165, 1.54) is 18.3 Å². The average molecular weight is 593 g/mol. The molecule has 224 valence electrons. The number of benzene rings is 2. The zero-order valence-electron chi connectivity index (χ0n) is 22.5. The third-order valence-electron chi connectivity index (χ3n) is 5.79. The van der Waals surface area contributed by atoms with Crippen LogP contribution in [-0.2, 0) is 22.7 Å². The molecule has 16 heteroatoms. The van der Waals surface area contributed by atoms with E-state index in [2.05, 4.69) is 30.6 Å². The number of rotatable bonds is 11. The number of hydrogen-bond donors (Lipinski definition) is 8. The van der Waals surface area contributed by atoms with Gasteiger partial charge in [-0.25, -0.2) is 19.6 Å². The van der Waals surface area contributed by atoms with E-state index in [4.69, 9.17) is 26.8 Å². The van der Waals surface area contributed by atoms with Gasteiger partial charge >= 0.3 is 17.9 Å². The van der Waals surface area contributed by atoms with Crippen molar-refractivity contribution in [2.45, 2.75) is 32.0 Å². The summed E-state index contributed by atoms with van der Waals surface area (Å²) >= 11 is 0. The Balaban J connectivity index is 0.000000386. The van der Waals surface area contributed by atoms with Crippen LogP contribution in [-0.4, -0.2) is 65.1 Å². The molecule has 1 amide bonds. The minimum absolute atomic E-state index is 0.0524. The summed E-state index contributed by atoms with van der Waals surface area (Å²) in [6, 6.07) is 11.4. The second-order valence-corrected chi connectivity index (χ2v) is 8.92. The van der Waals surface area contributed by atoms with E-state index in [1.807, 2.05) is 0 Å². The van der Waals surface area contributed by atoms with Crippen LogP contribution in [0.2, 0.25) is 0 Å².